The summed E-state index contributed by atoms with van der Waals surface area (Å²) in [4.78, 5) is 0. The number of hydrogen-bond acceptors (Lipinski definition) is 2. The second-order valence-corrected chi connectivity index (χ2v) is 17.9. The molecule has 11 unspecified atom stereocenters. The van der Waals surface area contributed by atoms with Crippen molar-refractivity contribution in [3.63, 3.8) is 0 Å². The van der Waals surface area contributed by atoms with Crippen molar-refractivity contribution >= 4 is 0 Å². The number of rotatable bonds is 13. The zero-order chi connectivity index (χ0) is 35.9. The molecular weight excluding hydrogens is 629 g/mol. The van der Waals surface area contributed by atoms with E-state index in [0.717, 1.165) is 18.4 Å². The number of fused-ring (bicyclic) bond motifs is 2. The van der Waals surface area contributed by atoms with E-state index < -0.39 is 0 Å². The van der Waals surface area contributed by atoms with Gasteiger partial charge in [-0.2, -0.15) is 0 Å². The van der Waals surface area contributed by atoms with E-state index in [1.807, 2.05) is 0 Å². The largest absolute Gasteiger partial charge is 0.330 e. The van der Waals surface area contributed by atoms with E-state index >= 15 is 0 Å². The zero-order valence-corrected chi connectivity index (χ0v) is 32.8. The van der Waals surface area contributed by atoms with E-state index in [2.05, 4.69) is 123 Å². The Balaban J connectivity index is 1.16. The van der Waals surface area contributed by atoms with Gasteiger partial charge >= 0.3 is 0 Å². The van der Waals surface area contributed by atoms with Crippen molar-refractivity contribution in [2.75, 3.05) is 6.54 Å². The zero-order valence-electron chi connectivity index (χ0n) is 32.8. The number of nitrogens with one attached hydrogen (secondary N) is 1. The van der Waals surface area contributed by atoms with Crippen molar-refractivity contribution in [3.8, 4) is 0 Å². The Morgan fingerprint density at radius 3 is 2.17 bits per heavy atom. The maximum atomic E-state index is 6.36. The first-order chi connectivity index (χ1) is 25.5. The highest BCUT2D eigenvalue weighted by Gasteiger charge is 2.40. The minimum atomic E-state index is 0.422. The molecule has 0 saturated heterocycles. The van der Waals surface area contributed by atoms with Gasteiger partial charge in [0.1, 0.15) is 0 Å². The predicted molar refractivity (Wildman–Crippen MR) is 222 cm³/mol. The monoisotopic (exact) mass is 699 g/mol. The van der Waals surface area contributed by atoms with Gasteiger partial charge in [-0.25, -0.2) is 0 Å². The van der Waals surface area contributed by atoms with E-state index in [1.54, 1.807) is 22.3 Å². The third-order valence-electron chi connectivity index (χ3n) is 14.9. The van der Waals surface area contributed by atoms with Gasteiger partial charge in [0.15, 0.2) is 0 Å². The molecule has 3 saturated carbocycles. The van der Waals surface area contributed by atoms with Gasteiger partial charge in [0.05, 0.1) is 0 Å². The van der Waals surface area contributed by atoms with E-state index in [1.165, 1.54) is 89.9 Å². The fraction of sp³-hybridized carbons (Fsp3) is 0.600. The highest BCUT2D eigenvalue weighted by atomic mass is 15.0. The van der Waals surface area contributed by atoms with Crippen LogP contribution in [0.1, 0.15) is 134 Å². The van der Waals surface area contributed by atoms with Crippen LogP contribution in [0.25, 0.3) is 0 Å². The first-order valence-electron chi connectivity index (χ1n) is 21.8. The lowest BCUT2D eigenvalue weighted by Gasteiger charge is -2.46. The van der Waals surface area contributed by atoms with Crippen molar-refractivity contribution in [3.05, 3.63) is 119 Å². The highest BCUT2D eigenvalue weighted by molar-refractivity contribution is 5.42. The summed E-state index contributed by atoms with van der Waals surface area (Å²) in [5, 5.41) is 4.45. The summed E-state index contributed by atoms with van der Waals surface area (Å²) in [7, 11) is 0. The normalized spacial score (nSPS) is 32.9. The average molecular weight is 699 g/mol. The van der Waals surface area contributed by atoms with Crippen LogP contribution in [0.3, 0.4) is 0 Å². The number of allylic oxidation sites excluding steroid dienone is 7. The van der Waals surface area contributed by atoms with Crippen LogP contribution in [0.4, 0.5) is 0 Å². The molecule has 5 aliphatic carbocycles. The molecule has 7 rings (SSSR count). The third-order valence-corrected chi connectivity index (χ3v) is 14.9. The molecule has 3 fully saturated rings. The first-order valence-corrected chi connectivity index (χ1v) is 21.8. The molecule has 0 bridgehead atoms. The summed E-state index contributed by atoms with van der Waals surface area (Å²) in [6.07, 6.45) is 33.6. The fourth-order valence-corrected chi connectivity index (χ4v) is 12.2. The Kier molecular flexibility index (Phi) is 13.1. The topological polar surface area (TPSA) is 38.0 Å². The summed E-state index contributed by atoms with van der Waals surface area (Å²) in [5.41, 5.74) is 12.7. The SMILES string of the molecule is C/C=C\C(CN)C1C=CC(C(C)CCC(C2CC(c3ccccc3)CC(c3ccccc3)C2)C(C)NC2CCCC3CCCCC32)=C2C=CCCC21. The molecule has 3 N–H and O–H groups in total. The van der Waals surface area contributed by atoms with E-state index in [0.29, 0.717) is 59.4 Å². The number of nitrogens with two attached hydrogens (primary N) is 1. The van der Waals surface area contributed by atoms with E-state index in [-0.39, 0.29) is 0 Å². The van der Waals surface area contributed by atoms with Gasteiger partial charge in [-0.3, -0.25) is 0 Å². The number of benzene rings is 2. The van der Waals surface area contributed by atoms with Crippen molar-refractivity contribution in [2.24, 2.45) is 53.1 Å². The molecule has 2 aromatic carbocycles. The van der Waals surface area contributed by atoms with Gasteiger partial charge in [0.25, 0.3) is 0 Å². The summed E-state index contributed by atoms with van der Waals surface area (Å²) in [6, 6.07) is 24.3. The molecule has 5 aliphatic rings. The Labute approximate surface area is 317 Å². The highest BCUT2D eigenvalue weighted by Crippen LogP contribution is 2.50. The fourth-order valence-electron chi connectivity index (χ4n) is 12.2. The average Bonchev–Trinajstić information content (AvgIpc) is 3.20. The molecule has 0 aromatic heterocycles. The molecule has 2 aromatic rings. The Morgan fingerprint density at radius 1 is 0.788 bits per heavy atom. The van der Waals surface area contributed by atoms with Crippen LogP contribution < -0.4 is 11.1 Å². The van der Waals surface area contributed by atoms with Gasteiger partial charge < -0.3 is 11.1 Å². The van der Waals surface area contributed by atoms with Gasteiger partial charge in [0, 0.05) is 12.1 Å². The van der Waals surface area contributed by atoms with Crippen molar-refractivity contribution in [2.45, 2.75) is 135 Å². The summed E-state index contributed by atoms with van der Waals surface area (Å²) in [6.45, 7) is 8.02. The second kappa shape index (κ2) is 18.1. The van der Waals surface area contributed by atoms with Gasteiger partial charge in [-0.15, -0.1) is 0 Å². The van der Waals surface area contributed by atoms with Crippen LogP contribution in [-0.2, 0) is 0 Å². The van der Waals surface area contributed by atoms with Gasteiger partial charge in [-0.05, 0) is 160 Å². The van der Waals surface area contributed by atoms with Crippen LogP contribution >= 0.6 is 0 Å². The van der Waals surface area contributed by atoms with E-state index in [4.69, 9.17) is 5.73 Å². The smallest absolute Gasteiger partial charge is 0.0101 e. The summed E-state index contributed by atoms with van der Waals surface area (Å²) < 4.78 is 0. The molecule has 0 radical (unpaired) electrons. The van der Waals surface area contributed by atoms with Crippen molar-refractivity contribution in [1.29, 1.82) is 0 Å². The van der Waals surface area contributed by atoms with Crippen LogP contribution in [0.15, 0.2) is 108 Å². The Morgan fingerprint density at radius 2 is 1.48 bits per heavy atom. The molecule has 11 atom stereocenters. The molecule has 52 heavy (non-hydrogen) atoms. The van der Waals surface area contributed by atoms with Crippen molar-refractivity contribution < 1.29 is 0 Å². The molecule has 2 heteroatoms. The first kappa shape index (κ1) is 37.6. The van der Waals surface area contributed by atoms with Crippen LogP contribution in [-0.4, -0.2) is 18.6 Å². The molecule has 0 heterocycles. The summed E-state index contributed by atoms with van der Waals surface area (Å²) in [5.74, 6) is 6.58. The van der Waals surface area contributed by atoms with Crippen LogP contribution in [0.5, 0.6) is 0 Å². The molecular formula is C50H70N2. The van der Waals surface area contributed by atoms with Crippen LogP contribution in [0, 0.1) is 47.3 Å². The summed E-state index contributed by atoms with van der Waals surface area (Å²) >= 11 is 0. The van der Waals surface area contributed by atoms with Gasteiger partial charge in [-0.1, -0.05) is 136 Å². The Bertz CT molecular complexity index is 1470. The lowest BCUT2D eigenvalue weighted by atomic mass is 9.64. The maximum Gasteiger partial charge on any atom is 0.0101 e. The van der Waals surface area contributed by atoms with E-state index in [9.17, 15) is 0 Å². The second-order valence-electron chi connectivity index (χ2n) is 17.9. The Hall–Kier alpha value is -2.68. The molecule has 280 valence electrons. The molecule has 2 nitrogen and oxygen atoms in total. The quantitative estimate of drug-likeness (QED) is 0.204. The molecule has 0 aliphatic heterocycles. The molecule has 0 spiro atoms. The lowest BCUT2D eigenvalue weighted by molar-refractivity contribution is 0.0949. The predicted octanol–water partition coefficient (Wildman–Crippen LogP) is 12.3. The molecule has 0 amide bonds. The number of hydrogen-bond donors (Lipinski definition) is 2. The minimum Gasteiger partial charge on any atom is -0.330 e. The van der Waals surface area contributed by atoms with Crippen LogP contribution in [0.2, 0.25) is 0 Å². The van der Waals surface area contributed by atoms with Crippen molar-refractivity contribution in [1.82, 2.24) is 5.32 Å². The third kappa shape index (κ3) is 8.65. The standard InChI is InChI=1S/C50H70N2/c1-4-16-40(34-51)46-30-29-44(48-24-13-14-25-49(46)48)35(2)27-28-45(36(3)52-50-26-15-22-39-21-11-12-23-47(39)50)43-32-41(37-17-7-5-8-18-37)31-42(33-43)38-19-9-6-10-20-38/h4-10,13,16-20,24,29-30,35-36,39-43,45-47,49-50,52H,11-12,14-15,21-23,25-28,31-34,51H2,1-3H3/b16-4-. The van der Waals surface area contributed by atoms with Gasteiger partial charge in [0.2, 0.25) is 0 Å². The minimum absolute atomic E-state index is 0.422. The maximum absolute atomic E-state index is 6.36. The lowest BCUT2D eigenvalue weighted by Crippen LogP contribution is -2.50.